The van der Waals surface area contributed by atoms with E-state index in [2.05, 4.69) is 111 Å². The zero-order valence-electron chi connectivity index (χ0n) is 46.9. The highest BCUT2D eigenvalue weighted by Gasteiger charge is 2.27. The standard InChI is InChI=1S/C62H108NO8P/c1-6-8-10-12-14-16-18-20-22-24-26-28-30-31-33-34-36-38-40-42-44-46-48-50-52-54-61(64)68-58-60(59-70-72(66,67)69-57-56-63(3,4)5)71-62(65)55-53-51-49-47-45-43-41-39-37-35-32-29-27-25-23-21-19-17-15-13-11-9-7-2/h9,11,15,17-18,20-21,23-24,26-27,29,35,37,41,43,60H,6-8,10,12-14,16,19,22,25,28,30-34,36,38-40,42,44-59H2,1-5H3/p+1/b11-9-,17-15-,20-18-,23-21-,26-24-,29-27-,37-35-,43-41-. The first-order chi connectivity index (χ1) is 35.0. The first-order valence-electron chi connectivity index (χ1n) is 29.0. The number of hydrogen-bond acceptors (Lipinski definition) is 7. The van der Waals surface area contributed by atoms with Gasteiger partial charge in [0.15, 0.2) is 6.10 Å². The van der Waals surface area contributed by atoms with Crippen LogP contribution in [0.2, 0.25) is 0 Å². The van der Waals surface area contributed by atoms with Gasteiger partial charge in [0.1, 0.15) is 19.8 Å². The number of quaternary nitrogens is 1. The molecule has 0 rings (SSSR count). The summed E-state index contributed by atoms with van der Waals surface area (Å²) >= 11 is 0. The molecule has 0 aliphatic heterocycles. The van der Waals surface area contributed by atoms with Crippen LogP contribution in [-0.4, -0.2) is 74.9 Å². The minimum atomic E-state index is -4.40. The highest BCUT2D eigenvalue weighted by molar-refractivity contribution is 7.47. The lowest BCUT2D eigenvalue weighted by molar-refractivity contribution is -0.870. The van der Waals surface area contributed by atoms with Crippen molar-refractivity contribution in [2.75, 3.05) is 47.5 Å². The second-order valence-electron chi connectivity index (χ2n) is 20.3. The number of rotatable bonds is 52. The van der Waals surface area contributed by atoms with E-state index in [4.69, 9.17) is 18.5 Å². The number of phosphoric ester groups is 1. The van der Waals surface area contributed by atoms with E-state index in [1.165, 1.54) is 109 Å². The minimum absolute atomic E-state index is 0.0215. The molecule has 72 heavy (non-hydrogen) atoms. The molecule has 2 atom stereocenters. The van der Waals surface area contributed by atoms with Crippen LogP contribution < -0.4 is 0 Å². The Morgan fingerprint density at radius 3 is 1.18 bits per heavy atom. The maximum absolute atomic E-state index is 12.8. The predicted octanol–water partition coefficient (Wildman–Crippen LogP) is 18.0. The lowest BCUT2D eigenvalue weighted by Gasteiger charge is -2.24. The first kappa shape index (κ1) is 68.9. The Labute approximate surface area is 443 Å². The minimum Gasteiger partial charge on any atom is -0.462 e. The molecule has 0 aliphatic rings. The number of unbranched alkanes of at least 4 members (excludes halogenated alkanes) is 22. The van der Waals surface area contributed by atoms with E-state index in [1.807, 2.05) is 21.1 Å². The summed E-state index contributed by atoms with van der Waals surface area (Å²) in [6, 6.07) is 0. The van der Waals surface area contributed by atoms with Crippen molar-refractivity contribution in [1.29, 1.82) is 0 Å². The Bertz CT molecular complexity index is 1540. The fraction of sp³-hybridized carbons (Fsp3) is 0.710. The molecule has 10 heteroatoms. The van der Waals surface area contributed by atoms with Crippen LogP contribution in [0.15, 0.2) is 97.2 Å². The topological polar surface area (TPSA) is 108 Å². The van der Waals surface area contributed by atoms with Gasteiger partial charge in [0, 0.05) is 12.8 Å². The summed E-state index contributed by atoms with van der Waals surface area (Å²) < 4.78 is 34.5. The molecule has 0 saturated carbocycles. The summed E-state index contributed by atoms with van der Waals surface area (Å²) in [6.45, 7) is 4.28. The van der Waals surface area contributed by atoms with Gasteiger partial charge in [-0.15, -0.1) is 0 Å². The van der Waals surface area contributed by atoms with E-state index in [0.717, 1.165) is 89.9 Å². The molecule has 0 heterocycles. The zero-order chi connectivity index (χ0) is 52.7. The summed E-state index contributed by atoms with van der Waals surface area (Å²) in [6.07, 6.45) is 71.8. The summed E-state index contributed by atoms with van der Waals surface area (Å²) in [5.41, 5.74) is 0. The molecule has 1 N–H and O–H groups in total. The van der Waals surface area contributed by atoms with E-state index in [-0.39, 0.29) is 32.0 Å². The second-order valence-corrected chi connectivity index (χ2v) is 21.7. The van der Waals surface area contributed by atoms with Gasteiger partial charge >= 0.3 is 19.8 Å². The van der Waals surface area contributed by atoms with Crippen LogP contribution in [0.1, 0.15) is 232 Å². The maximum atomic E-state index is 12.8. The van der Waals surface area contributed by atoms with Crippen molar-refractivity contribution < 1.29 is 42.1 Å². The van der Waals surface area contributed by atoms with Crippen LogP contribution in [0.4, 0.5) is 0 Å². The third kappa shape index (κ3) is 56.2. The molecule has 0 aliphatic carbocycles. The third-order valence-corrected chi connectivity index (χ3v) is 13.1. The Hall–Kier alpha value is -3.07. The van der Waals surface area contributed by atoms with Gasteiger partial charge in [-0.25, -0.2) is 4.57 Å². The number of likely N-dealkylation sites (N-methyl/N-ethyl adjacent to an activating group) is 1. The van der Waals surface area contributed by atoms with Crippen LogP contribution >= 0.6 is 7.82 Å². The van der Waals surface area contributed by atoms with Crippen molar-refractivity contribution in [3.05, 3.63) is 97.2 Å². The monoisotopic (exact) mass is 1030 g/mol. The van der Waals surface area contributed by atoms with Crippen LogP contribution in [0.25, 0.3) is 0 Å². The van der Waals surface area contributed by atoms with Crippen molar-refractivity contribution in [3.8, 4) is 0 Å². The van der Waals surface area contributed by atoms with Gasteiger partial charge in [-0.2, -0.15) is 0 Å². The Kier molecular flexibility index (Phi) is 50.5. The molecule has 0 radical (unpaired) electrons. The van der Waals surface area contributed by atoms with Gasteiger partial charge in [-0.05, 0) is 96.3 Å². The molecule has 414 valence electrons. The van der Waals surface area contributed by atoms with Gasteiger partial charge in [-0.3, -0.25) is 18.6 Å². The van der Waals surface area contributed by atoms with E-state index in [9.17, 15) is 19.0 Å². The van der Waals surface area contributed by atoms with Crippen molar-refractivity contribution in [2.24, 2.45) is 0 Å². The summed E-state index contributed by atoms with van der Waals surface area (Å²) in [4.78, 5) is 35.7. The van der Waals surface area contributed by atoms with Crippen molar-refractivity contribution in [1.82, 2.24) is 0 Å². The van der Waals surface area contributed by atoms with Crippen LogP contribution in [0.3, 0.4) is 0 Å². The Morgan fingerprint density at radius 1 is 0.444 bits per heavy atom. The van der Waals surface area contributed by atoms with E-state index >= 15 is 0 Å². The van der Waals surface area contributed by atoms with E-state index in [0.29, 0.717) is 17.4 Å². The number of ether oxygens (including phenoxy) is 2. The largest absolute Gasteiger partial charge is 0.472 e. The number of esters is 2. The molecule has 0 spiro atoms. The lowest BCUT2D eigenvalue weighted by Crippen LogP contribution is -2.37. The van der Waals surface area contributed by atoms with Gasteiger partial charge < -0.3 is 18.9 Å². The van der Waals surface area contributed by atoms with Crippen LogP contribution in [0, 0.1) is 0 Å². The third-order valence-electron chi connectivity index (χ3n) is 12.1. The highest BCUT2D eigenvalue weighted by atomic mass is 31.2. The number of allylic oxidation sites excluding steroid dienone is 16. The smallest absolute Gasteiger partial charge is 0.462 e. The summed E-state index contributed by atoms with van der Waals surface area (Å²) in [5.74, 6) is -0.830. The van der Waals surface area contributed by atoms with Crippen molar-refractivity contribution in [3.63, 3.8) is 0 Å². The number of nitrogens with zero attached hydrogens (tertiary/aromatic N) is 1. The highest BCUT2D eigenvalue weighted by Crippen LogP contribution is 2.43. The normalized spacial score (nSPS) is 14.0. The Balaban J connectivity index is 4.24. The molecule has 0 aromatic rings. The van der Waals surface area contributed by atoms with E-state index < -0.39 is 26.5 Å². The lowest BCUT2D eigenvalue weighted by atomic mass is 10.0. The van der Waals surface area contributed by atoms with Crippen LogP contribution in [0.5, 0.6) is 0 Å². The van der Waals surface area contributed by atoms with Crippen molar-refractivity contribution >= 4 is 19.8 Å². The zero-order valence-corrected chi connectivity index (χ0v) is 47.8. The second kappa shape index (κ2) is 52.8. The molecule has 9 nitrogen and oxygen atoms in total. The van der Waals surface area contributed by atoms with Crippen LogP contribution in [-0.2, 0) is 32.7 Å². The quantitative estimate of drug-likeness (QED) is 0.0211. The number of hydrogen-bond donors (Lipinski definition) is 1. The Morgan fingerprint density at radius 2 is 0.792 bits per heavy atom. The maximum Gasteiger partial charge on any atom is 0.472 e. The molecule has 0 bridgehead atoms. The molecule has 0 amide bonds. The first-order valence-corrected chi connectivity index (χ1v) is 30.5. The number of carbonyl (C=O) groups excluding carboxylic acids is 2. The predicted molar refractivity (Wildman–Crippen MR) is 307 cm³/mol. The molecule has 0 aromatic heterocycles. The fourth-order valence-electron chi connectivity index (χ4n) is 7.64. The van der Waals surface area contributed by atoms with E-state index in [1.54, 1.807) is 0 Å². The number of carbonyl (C=O) groups is 2. The summed E-state index contributed by atoms with van der Waals surface area (Å²) in [5, 5.41) is 0. The average molecular weight is 1030 g/mol. The molecule has 0 aromatic carbocycles. The molecule has 0 fully saturated rings. The van der Waals surface area contributed by atoms with Crippen molar-refractivity contribution in [2.45, 2.75) is 238 Å². The summed E-state index contributed by atoms with van der Waals surface area (Å²) in [7, 11) is 1.45. The molecular weight excluding hydrogens is 918 g/mol. The molecular formula is C62H109NO8P+. The van der Waals surface area contributed by atoms with Gasteiger partial charge in [0.25, 0.3) is 0 Å². The average Bonchev–Trinajstić information content (AvgIpc) is 3.34. The van der Waals surface area contributed by atoms with Gasteiger partial charge in [0.05, 0.1) is 27.7 Å². The van der Waals surface area contributed by atoms with Gasteiger partial charge in [0.2, 0.25) is 0 Å². The molecule has 2 unspecified atom stereocenters. The SMILES string of the molecule is CC/C=C\C/C=C\C/C=C\C/C=C\C/C=C\C/C=C\CCCCCCC(=O)OC(COC(=O)CCCCCCCCCCCCCCC/C=C\C/C=C\CCCCCCC)COP(=O)(O)OCC[N+](C)(C)C. The molecule has 0 saturated heterocycles. The fourth-order valence-corrected chi connectivity index (χ4v) is 8.38. The number of phosphoric acid groups is 1. The van der Waals surface area contributed by atoms with Gasteiger partial charge in [-0.1, -0.05) is 220 Å².